The summed E-state index contributed by atoms with van der Waals surface area (Å²) in [6, 6.07) is 2.14. The first-order valence-corrected chi connectivity index (χ1v) is 6.01. The van der Waals surface area contributed by atoms with Gasteiger partial charge >= 0.3 is 0 Å². The fourth-order valence-corrected chi connectivity index (χ4v) is 2.81. The second-order valence-electron chi connectivity index (χ2n) is 4.15. The number of carbonyl (C=O) groups excluding carboxylic acids is 1. The van der Waals surface area contributed by atoms with Gasteiger partial charge in [-0.2, -0.15) is 0 Å². The molecule has 1 atom stereocenters. The van der Waals surface area contributed by atoms with Crippen LogP contribution in [0, 0.1) is 13.8 Å². The zero-order valence-electron chi connectivity index (χ0n) is 9.53. The molecule has 1 aromatic rings. The van der Waals surface area contributed by atoms with Gasteiger partial charge < -0.3 is 10.6 Å². The number of nitrogens with zero attached hydrogens (tertiary/aromatic N) is 1. The van der Waals surface area contributed by atoms with Crippen LogP contribution in [0.2, 0.25) is 0 Å². The van der Waals surface area contributed by atoms with Crippen LogP contribution in [0.3, 0.4) is 0 Å². The highest BCUT2D eigenvalue weighted by molar-refractivity contribution is 7.14. The number of carbonyl (C=O) groups is 1. The van der Waals surface area contributed by atoms with Gasteiger partial charge in [-0.3, -0.25) is 4.79 Å². The third-order valence-electron chi connectivity index (χ3n) is 2.89. The quantitative estimate of drug-likeness (QED) is 0.839. The largest absolute Gasteiger partial charge is 0.336 e. The van der Waals surface area contributed by atoms with Crippen LogP contribution in [-0.4, -0.2) is 29.9 Å². The van der Waals surface area contributed by atoms with E-state index < -0.39 is 0 Å². The van der Waals surface area contributed by atoms with Gasteiger partial charge in [-0.25, -0.2) is 0 Å². The van der Waals surface area contributed by atoms with Crippen LogP contribution in [0.25, 0.3) is 0 Å². The molecule has 16 heavy (non-hydrogen) atoms. The van der Waals surface area contributed by atoms with E-state index in [0.717, 1.165) is 17.8 Å². The molecule has 1 aromatic heterocycles. The number of hydrogen-bond acceptors (Lipinski definition) is 3. The molecule has 1 aliphatic rings. The van der Waals surface area contributed by atoms with E-state index in [4.69, 9.17) is 5.73 Å². The Labute approximate surface area is 106 Å². The van der Waals surface area contributed by atoms with Crippen molar-refractivity contribution < 1.29 is 4.79 Å². The summed E-state index contributed by atoms with van der Waals surface area (Å²) in [5.41, 5.74) is 6.99. The number of rotatable bonds is 1. The third-order valence-corrected chi connectivity index (χ3v) is 4.03. The summed E-state index contributed by atoms with van der Waals surface area (Å²) in [5, 5.41) is 0. The predicted molar refractivity (Wildman–Crippen MR) is 69.5 cm³/mol. The summed E-state index contributed by atoms with van der Waals surface area (Å²) in [6.45, 7) is 5.59. The van der Waals surface area contributed by atoms with Gasteiger partial charge in [-0.1, -0.05) is 0 Å². The highest BCUT2D eigenvalue weighted by Gasteiger charge is 2.25. The third kappa shape index (κ3) is 2.56. The summed E-state index contributed by atoms with van der Waals surface area (Å²) in [5.74, 6) is 0.143. The Morgan fingerprint density at radius 1 is 1.56 bits per heavy atom. The van der Waals surface area contributed by atoms with Gasteiger partial charge in [0.05, 0.1) is 4.88 Å². The second-order valence-corrected chi connectivity index (χ2v) is 5.41. The molecular formula is C11H17ClN2OS. The van der Waals surface area contributed by atoms with Crippen molar-refractivity contribution in [1.29, 1.82) is 0 Å². The first-order valence-electron chi connectivity index (χ1n) is 5.20. The molecule has 0 spiro atoms. The van der Waals surface area contributed by atoms with Crippen molar-refractivity contribution in [3.05, 3.63) is 21.4 Å². The van der Waals surface area contributed by atoms with Gasteiger partial charge in [0, 0.05) is 24.0 Å². The van der Waals surface area contributed by atoms with Crippen LogP contribution < -0.4 is 5.73 Å². The van der Waals surface area contributed by atoms with Crippen molar-refractivity contribution >= 4 is 29.7 Å². The number of hydrogen-bond donors (Lipinski definition) is 1. The Bertz CT molecular complexity index is 372. The molecule has 2 heterocycles. The number of thiophene rings is 1. The molecule has 0 aliphatic carbocycles. The van der Waals surface area contributed by atoms with Gasteiger partial charge in [0.25, 0.3) is 5.91 Å². The van der Waals surface area contributed by atoms with Crippen LogP contribution in [0.5, 0.6) is 0 Å². The molecule has 3 nitrogen and oxygen atoms in total. The highest BCUT2D eigenvalue weighted by atomic mass is 35.5. The SMILES string of the molecule is Cc1cc(C(=O)N2CC[C@@H](N)C2)sc1C.Cl. The molecule has 2 rings (SSSR count). The van der Waals surface area contributed by atoms with E-state index in [1.807, 2.05) is 24.8 Å². The lowest BCUT2D eigenvalue weighted by Gasteiger charge is -2.14. The molecule has 0 bridgehead atoms. The molecule has 1 amide bonds. The maximum atomic E-state index is 12.0. The topological polar surface area (TPSA) is 46.3 Å². The molecule has 1 saturated heterocycles. The van der Waals surface area contributed by atoms with Crippen molar-refractivity contribution in [3.8, 4) is 0 Å². The van der Waals surface area contributed by atoms with E-state index in [9.17, 15) is 4.79 Å². The maximum absolute atomic E-state index is 12.0. The van der Waals surface area contributed by atoms with Crippen molar-refractivity contribution in [2.75, 3.05) is 13.1 Å². The number of amides is 1. The molecular weight excluding hydrogens is 244 g/mol. The lowest BCUT2D eigenvalue weighted by atomic mass is 10.3. The Morgan fingerprint density at radius 2 is 2.25 bits per heavy atom. The highest BCUT2D eigenvalue weighted by Crippen LogP contribution is 2.23. The molecule has 1 fully saturated rings. The molecule has 90 valence electrons. The van der Waals surface area contributed by atoms with E-state index in [1.165, 1.54) is 10.4 Å². The molecule has 5 heteroatoms. The first kappa shape index (κ1) is 13.5. The van der Waals surface area contributed by atoms with Crippen molar-refractivity contribution in [1.82, 2.24) is 4.90 Å². The minimum Gasteiger partial charge on any atom is -0.336 e. The molecule has 0 saturated carbocycles. The summed E-state index contributed by atoms with van der Waals surface area (Å²) < 4.78 is 0. The van der Waals surface area contributed by atoms with Gasteiger partial charge in [0.2, 0.25) is 0 Å². The Morgan fingerprint density at radius 3 is 2.69 bits per heavy atom. The monoisotopic (exact) mass is 260 g/mol. The van der Waals surface area contributed by atoms with E-state index >= 15 is 0 Å². The average Bonchev–Trinajstić information content (AvgIpc) is 2.74. The Hall–Kier alpha value is -0.580. The normalized spacial score (nSPS) is 19.7. The fraction of sp³-hybridized carbons (Fsp3) is 0.545. The van der Waals surface area contributed by atoms with E-state index in [0.29, 0.717) is 6.54 Å². The van der Waals surface area contributed by atoms with E-state index in [-0.39, 0.29) is 24.4 Å². The minimum absolute atomic E-state index is 0. The van der Waals surface area contributed by atoms with Crippen molar-refractivity contribution in [3.63, 3.8) is 0 Å². The first-order chi connectivity index (χ1) is 7.08. The fourth-order valence-electron chi connectivity index (χ4n) is 1.81. The summed E-state index contributed by atoms with van der Waals surface area (Å²) in [7, 11) is 0. The lowest BCUT2D eigenvalue weighted by Crippen LogP contribution is -2.31. The van der Waals surface area contributed by atoms with Gasteiger partial charge in [0.15, 0.2) is 0 Å². The van der Waals surface area contributed by atoms with Crippen LogP contribution in [0.4, 0.5) is 0 Å². The maximum Gasteiger partial charge on any atom is 0.263 e. The lowest BCUT2D eigenvalue weighted by molar-refractivity contribution is 0.0795. The molecule has 0 unspecified atom stereocenters. The van der Waals surface area contributed by atoms with E-state index in [1.54, 1.807) is 11.3 Å². The molecule has 2 N–H and O–H groups in total. The zero-order valence-corrected chi connectivity index (χ0v) is 11.2. The number of likely N-dealkylation sites (tertiary alicyclic amines) is 1. The number of aryl methyl sites for hydroxylation is 2. The standard InChI is InChI=1S/C11H16N2OS.ClH/c1-7-5-10(15-8(7)2)11(14)13-4-3-9(12)6-13;/h5,9H,3-4,6,12H2,1-2H3;1H/t9-;/m1./s1. The van der Waals surface area contributed by atoms with E-state index in [2.05, 4.69) is 0 Å². The second kappa shape index (κ2) is 5.17. The molecule has 0 aromatic carbocycles. The average molecular weight is 261 g/mol. The van der Waals surface area contributed by atoms with Crippen LogP contribution in [0.1, 0.15) is 26.5 Å². The minimum atomic E-state index is 0. The summed E-state index contributed by atoms with van der Waals surface area (Å²) >= 11 is 1.58. The summed E-state index contributed by atoms with van der Waals surface area (Å²) in [6.07, 6.45) is 0.926. The number of nitrogens with two attached hydrogens (primary N) is 1. The molecule has 1 aliphatic heterocycles. The predicted octanol–water partition coefficient (Wildman–Crippen LogP) is 1.96. The Balaban J connectivity index is 0.00000128. The summed E-state index contributed by atoms with van der Waals surface area (Å²) in [4.78, 5) is 16.0. The van der Waals surface area contributed by atoms with Crippen molar-refractivity contribution in [2.45, 2.75) is 26.3 Å². The van der Waals surface area contributed by atoms with Gasteiger partial charge in [-0.05, 0) is 31.9 Å². The van der Waals surface area contributed by atoms with Crippen LogP contribution >= 0.6 is 23.7 Å². The van der Waals surface area contributed by atoms with Crippen LogP contribution in [-0.2, 0) is 0 Å². The smallest absolute Gasteiger partial charge is 0.263 e. The van der Waals surface area contributed by atoms with Gasteiger partial charge in [0.1, 0.15) is 0 Å². The Kier molecular flexibility index (Phi) is 4.35. The number of halogens is 1. The van der Waals surface area contributed by atoms with Crippen molar-refractivity contribution in [2.24, 2.45) is 5.73 Å². The van der Waals surface area contributed by atoms with Crippen LogP contribution in [0.15, 0.2) is 6.07 Å². The molecule has 0 radical (unpaired) electrons. The van der Waals surface area contributed by atoms with Gasteiger partial charge in [-0.15, -0.1) is 23.7 Å². The zero-order chi connectivity index (χ0) is 11.0.